The SMILES string of the molecule is CCOc1ccc(-c2ccc(N3CCN(C(=O)Cc4c(F)cccc4Cl)CC3)nn2)cc1. The molecule has 166 valence electrons. The Balaban J connectivity index is 1.34. The minimum atomic E-state index is -0.452. The third-order valence-corrected chi connectivity index (χ3v) is 5.81. The van der Waals surface area contributed by atoms with Crippen LogP contribution in [0, 0.1) is 5.82 Å². The van der Waals surface area contributed by atoms with Gasteiger partial charge in [0.25, 0.3) is 0 Å². The number of amides is 1. The lowest BCUT2D eigenvalue weighted by atomic mass is 10.1. The van der Waals surface area contributed by atoms with E-state index < -0.39 is 5.82 Å². The molecule has 1 aliphatic rings. The Kier molecular flexibility index (Phi) is 6.85. The van der Waals surface area contributed by atoms with E-state index in [1.54, 1.807) is 11.0 Å². The van der Waals surface area contributed by atoms with Gasteiger partial charge in [0.15, 0.2) is 5.82 Å². The summed E-state index contributed by atoms with van der Waals surface area (Å²) in [6.07, 6.45) is -0.0396. The maximum Gasteiger partial charge on any atom is 0.227 e. The van der Waals surface area contributed by atoms with Crippen molar-refractivity contribution in [1.29, 1.82) is 0 Å². The van der Waals surface area contributed by atoms with E-state index in [-0.39, 0.29) is 22.9 Å². The maximum atomic E-state index is 14.0. The summed E-state index contributed by atoms with van der Waals surface area (Å²) in [5.41, 5.74) is 2.00. The molecule has 0 spiro atoms. The van der Waals surface area contributed by atoms with Gasteiger partial charge in [0.05, 0.1) is 18.7 Å². The molecule has 32 heavy (non-hydrogen) atoms. The molecule has 0 unspecified atom stereocenters. The highest BCUT2D eigenvalue weighted by molar-refractivity contribution is 6.31. The Morgan fingerprint density at radius 2 is 1.78 bits per heavy atom. The number of hydrogen-bond donors (Lipinski definition) is 0. The number of benzene rings is 2. The number of anilines is 1. The van der Waals surface area contributed by atoms with Crippen molar-refractivity contribution in [2.75, 3.05) is 37.7 Å². The van der Waals surface area contributed by atoms with Crippen molar-refractivity contribution in [2.24, 2.45) is 0 Å². The zero-order valence-electron chi connectivity index (χ0n) is 17.8. The second kappa shape index (κ2) is 9.96. The molecule has 3 aromatic rings. The summed E-state index contributed by atoms with van der Waals surface area (Å²) in [6.45, 7) is 4.91. The van der Waals surface area contributed by atoms with Gasteiger partial charge in [0, 0.05) is 42.3 Å². The highest BCUT2D eigenvalue weighted by Crippen LogP contribution is 2.23. The summed E-state index contributed by atoms with van der Waals surface area (Å²) in [7, 11) is 0. The molecule has 0 atom stereocenters. The third kappa shape index (κ3) is 4.99. The van der Waals surface area contributed by atoms with Crippen molar-refractivity contribution >= 4 is 23.3 Å². The van der Waals surface area contributed by atoms with Crippen LogP contribution in [0.15, 0.2) is 54.6 Å². The summed E-state index contributed by atoms with van der Waals surface area (Å²) < 4.78 is 19.5. The van der Waals surface area contributed by atoms with E-state index in [0.717, 1.165) is 22.8 Å². The number of ether oxygens (including phenoxy) is 1. The van der Waals surface area contributed by atoms with Gasteiger partial charge in [-0.3, -0.25) is 4.79 Å². The Labute approximate surface area is 191 Å². The van der Waals surface area contributed by atoms with Crippen LogP contribution < -0.4 is 9.64 Å². The van der Waals surface area contributed by atoms with E-state index in [1.807, 2.05) is 43.3 Å². The quantitative estimate of drug-likeness (QED) is 0.558. The van der Waals surface area contributed by atoms with Crippen molar-refractivity contribution in [3.8, 4) is 17.0 Å². The molecule has 0 bridgehead atoms. The molecule has 4 rings (SSSR count). The van der Waals surface area contributed by atoms with Gasteiger partial charge in [-0.25, -0.2) is 4.39 Å². The average Bonchev–Trinajstić information content (AvgIpc) is 2.82. The minimum Gasteiger partial charge on any atom is -0.494 e. The summed E-state index contributed by atoms with van der Waals surface area (Å²) in [6, 6.07) is 16.1. The molecule has 1 fully saturated rings. The minimum absolute atomic E-state index is 0.0396. The molecule has 6 nitrogen and oxygen atoms in total. The van der Waals surface area contributed by atoms with E-state index in [1.165, 1.54) is 12.1 Å². The topological polar surface area (TPSA) is 58.6 Å². The summed E-state index contributed by atoms with van der Waals surface area (Å²) in [5, 5.41) is 9.01. The van der Waals surface area contributed by atoms with Crippen molar-refractivity contribution in [1.82, 2.24) is 15.1 Å². The molecule has 1 amide bonds. The number of halogens is 2. The molecule has 0 aliphatic carbocycles. The van der Waals surface area contributed by atoms with Crippen LogP contribution in [0.1, 0.15) is 12.5 Å². The lowest BCUT2D eigenvalue weighted by molar-refractivity contribution is -0.130. The average molecular weight is 455 g/mol. The van der Waals surface area contributed by atoms with Crippen LogP contribution >= 0.6 is 11.6 Å². The summed E-state index contributed by atoms with van der Waals surface area (Å²) >= 11 is 6.05. The first kappa shape index (κ1) is 22.0. The molecule has 8 heteroatoms. The second-order valence-corrected chi connectivity index (χ2v) is 7.89. The molecule has 2 aromatic carbocycles. The third-order valence-electron chi connectivity index (χ3n) is 5.46. The van der Waals surface area contributed by atoms with E-state index in [0.29, 0.717) is 32.8 Å². The highest BCUT2D eigenvalue weighted by atomic mass is 35.5. The molecular weight excluding hydrogens is 431 g/mol. The largest absolute Gasteiger partial charge is 0.494 e. The van der Waals surface area contributed by atoms with E-state index in [2.05, 4.69) is 15.1 Å². The van der Waals surface area contributed by atoms with Crippen LogP contribution in [0.5, 0.6) is 5.75 Å². The molecule has 1 aromatic heterocycles. The Bertz CT molecular complexity index is 1050. The number of carbonyl (C=O) groups excluding carboxylic acids is 1. The molecule has 1 saturated heterocycles. The number of carbonyl (C=O) groups is 1. The standard InChI is InChI=1S/C24H24ClFN4O2/c1-2-32-18-8-6-17(7-9-18)22-10-11-23(28-27-22)29-12-14-30(15-13-29)24(31)16-19-20(25)4-3-5-21(19)26/h3-11H,2,12-16H2,1H3. The Morgan fingerprint density at radius 3 is 2.41 bits per heavy atom. The van der Waals surface area contributed by atoms with Crippen LogP contribution in [-0.4, -0.2) is 53.8 Å². The maximum absolute atomic E-state index is 14.0. The number of piperazine rings is 1. The zero-order valence-corrected chi connectivity index (χ0v) is 18.6. The highest BCUT2D eigenvalue weighted by Gasteiger charge is 2.23. The Morgan fingerprint density at radius 1 is 1.03 bits per heavy atom. The zero-order chi connectivity index (χ0) is 22.5. The predicted octanol–water partition coefficient (Wildman–Crippen LogP) is 4.23. The van der Waals surface area contributed by atoms with Crippen LogP contribution in [0.25, 0.3) is 11.3 Å². The predicted molar refractivity (Wildman–Crippen MR) is 123 cm³/mol. The molecule has 2 heterocycles. The molecule has 0 N–H and O–H groups in total. The number of hydrogen-bond acceptors (Lipinski definition) is 5. The number of aromatic nitrogens is 2. The van der Waals surface area contributed by atoms with Crippen molar-refractivity contribution in [2.45, 2.75) is 13.3 Å². The lowest BCUT2D eigenvalue weighted by Gasteiger charge is -2.35. The van der Waals surface area contributed by atoms with Crippen LogP contribution in [0.2, 0.25) is 5.02 Å². The monoisotopic (exact) mass is 454 g/mol. The van der Waals surface area contributed by atoms with Crippen molar-refractivity contribution in [3.05, 3.63) is 71.0 Å². The fourth-order valence-corrected chi connectivity index (χ4v) is 3.92. The van der Waals surface area contributed by atoms with E-state index >= 15 is 0 Å². The van der Waals surface area contributed by atoms with E-state index in [4.69, 9.17) is 16.3 Å². The first-order valence-corrected chi connectivity index (χ1v) is 11.0. The first-order chi connectivity index (χ1) is 15.5. The van der Waals surface area contributed by atoms with Gasteiger partial charge in [-0.15, -0.1) is 10.2 Å². The van der Waals surface area contributed by atoms with Crippen LogP contribution in [-0.2, 0) is 11.2 Å². The fourth-order valence-electron chi connectivity index (χ4n) is 3.69. The van der Waals surface area contributed by atoms with Gasteiger partial charge >= 0.3 is 0 Å². The van der Waals surface area contributed by atoms with Gasteiger partial charge < -0.3 is 14.5 Å². The molecule has 0 radical (unpaired) electrons. The van der Waals surface area contributed by atoms with Gasteiger partial charge in [-0.1, -0.05) is 17.7 Å². The molecular formula is C24H24ClFN4O2. The first-order valence-electron chi connectivity index (χ1n) is 10.6. The van der Waals surface area contributed by atoms with Crippen LogP contribution in [0.4, 0.5) is 10.2 Å². The second-order valence-electron chi connectivity index (χ2n) is 7.48. The van der Waals surface area contributed by atoms with Gasteiger partial charge in [0.2, 0.25) is 5.91 Å². The fraction of sp³-hybridized carbons (Fsp3) is 0.292. The molecule has 1 aliphatic heterocycles. The number of nitrogens with zero attached hydrogens (tertiary/aromatic N) is 4. The van der Waals surface area contributed by atoms with Gasteiger partial charge in [-0.05, 0) is 55.5 Å². The number of rotatable bonds is 6. The lowest BCUT2D eigenvalue weighted by Crippen LogP contribution is -2.49. The summed E-state index contributed by atoms with van der Waals surface area (Å²) in [5.74, 6) is 1.01. The van der Waals surface area contributed by atoms with Crippen LogP contribution in [0.3, 0.4) is 0 Å². The normalized spacial score (nSPS) is 13.8. The van der Waals surface area contributed by atoms with Gasteiger partial charge in [0.1, 0.15) is 11.6 Å². The van der Waals surface area contributed by atoms with Crippen molar-refractivity contribution in [3.63, 3.8) is 0 Å². The van der Waals surface area contributed by atoms with Gasteiger partial charge in [-0.2, -0.15) is 0 Å². The van der Waals surface area contributed by atoms with Crippen molar-refractivity contribution < 1.29 is 13.9 Å². The molecule has 0 saturated carbocycles. The Hall–Kier alpha value is -3.19. The smallest absolute Gasteiger partial charge is 0.227 e. The van der Waals surface area contributed by atoms with E-state index in [9.17, 15) is 9.18 Å². The summed E-state index contributed by atoms with van der Waals surface area (Å²) in [4.78, 5) is 16.5.